The number of rotatable bonds is 5. The van der Waals surface area contributed by atoms with E-state index in [9.17, 15) is 4.79 Å². The van der Waals surface area contributed by atoms with Gasteiger partial charge >= 0.3 is 5.63 Å². The Morgan fingerprint density at radius 2 is 1.93 bits per heavy atom. The van der Waals surface area contributed by atoms with Crippen LogP contribution in [0.4, 0.5) is 0 Å². The number of methoxy groups -OCH3 is 1. The zero-order chi connectivity index (χ0) is 19.7. The molecule has 0 aliphatic rings. The number of tetrazole rings is 1. The minimum atomic E-state index is -0.398. The summed E-state index contributed by atoms with van der Waals surface area (Å²) in [5.41, 5.74) is 4.11. The molecule has 0 saturated heterocycles. The lowest BCUT2D eigenvalue weighted by atomic mass is 10.1. The Balaban J connectivity index is 1.68. The van der Waals surface area contributed by atoms with Gasteiger partial charge in [-0.3, -0.25) is 0 Å². The van der Waals surface area contributed by atoms with E-state index in [1.807, 2.05) is 44.2 Å². The Labute approximate surface area is 165 Å². The van der Waals surface area contributed by atoms with E-state index < -0.39 is 5.63 Å². The molecule has 0 spiro atoms. The largest absolute Gasteiger partial charge is 0.497 e. The van der Waals surface area contributed by atoms with E-state index in [4.69, 9.17) is 9.15 Å². The normalized spacial score (nSPS) is 11.1. The molecule has 2 aromatic heterocycles. The molecule has 142 valence electrons. The molecule has 0 fully saturated rings. The molecule has 0 amide bonds. The minimum Gasteiger partial charge on any atom is -0.497 e. The fourth-order valence-electron chi connectivity index (χ4n) is 3.15. The van der Waals surface area contributed by atoms with Gasteiger partial charge in [0.2, 0.25) is 5.16 Å². The van der Waals surface area contributed by atoms with Gasteiger partial charge in [-0.05, 0) is 53.1 Å². The average Bonchev–Trinajstić information content (AvgIpc) is 3.13. The van der Waals surface area contributed by atoms with Crippen LogP contribution in [0, 0.1) is 13.8 Å². The van der Waals surface area contributed by atoms with Gasteiger partial charge in [-0.15, -0.1) is 5.10 Å². The van der Waals surface area contributed by atoms with Crippen molar-refractivity contribution >= 4 is 22.7 Å². The number of hydrogen-bond donors (Lipinski definition) is 0. The summed E-state index contributed by atoms with van der Waals surface area (Å²) in [4.78, 5) is 12.0. The number of benzene rings is 2. The van der Waals surface area contributed by atoms with Gasteiger partial charge in [-0.2, -0.15) is 4.68 Å². The number of para-hydroxylation sites is 1. The molecule has 4 rings (SSSR count). The molecule has 0 bridgehead atoms. The second-order valence-corrected chi connectivity index (χ2v) is 7.30. The number of ether oxygens (including phenoxy) is 1. The molecule has 0 aliphatic heterocycles. The first-order valence-corrected chi connectivity index (χ1v) is 9.64. The lowest BCUT2D eigenvalue weighted by Gasteiger charge is -2.11. The Hall–Kier alpha value is -3.13. The summed E-state index contributed by atoms with van der Waals surface area (Å²) in [6.07, 6.45) is 0. The van der Waals surface area contributed by atoms with Crippen LogP contribution in [0.5, 0.6) is 5.75 Å². The van der Waals surface area contributed by atoms with Crippen molar-refractivity contribution in [3.63, 3.8) is 0 Å². The molecule has 0 radical (unpaired) electrons. The van der Waals surface area contributed by atoms with E-state index in [0.29, 0.717) is 22.2 Å². The van der Waals surface area contributed by atoms with E-state index in [-0.39, 0.29) is 0 Å². The lowest BCUT2D eigenvalue weighted by Crippen LogP contribution is -2.04. The van der Waals surface area contributed by atoms with Crippen molar-refractivity contribution in [3.8, 4) is 11.4 Å². The smallest absolute Gasteiger partial charge is 0.336 e. The van der Waals surface area contributed by atoms with Gasteiger partial charge < -0.3 is 9.15 Å². The number of hydrogen-bond acceptors (Lipinski definition) is 7. The maximum absolute atomic E-state index is 12.0. The summed E-state index contributed by atoms with van der Waals surface area (Å²) in [5, 5.41) is 13.7. The maximum atomic E-state index is 12.0. The standard InChI is InChI=1S/C20H18N4O3S/c1-12-5-4-6-13(2)19(12)24-20(21-22-23-24)28-11-14-9-18(25)27-17-10-15(26-3)7-8-16(14)17/h4-10H,11H2,1-3H3. The molecule has 2 aromatic carbocycles. The zero-order valence-electron chi connectivity index (χ0n) is 15.7. The topological polar surface area (TPSA) is 83.0 Å². The van der Waals surface area contributed by atoms with Gasteiger partial charge in [0, 0.05) is 23.3 Å². The van der Waals surface area contributed by atoms with E-state index in [1.165, 1.54) is 17.8 Å². The SMILES string of the molecule is COc1ccc2c(CSc3nnnn3-c3c(C)cccc3C)cc(=O)oc2c1. The monoisotopic (exact) mass is 394 g/mol. The van der Waals surface area contributed by atoms with Gasteiger partial charge in [-0.1, -0.05) is 30.0 Å². The van der Waals surface area contributed by atoms with Crippen LogP contribution in [0.1, 0.15) is 16.7 Å². The Morgan fingerprint density at radius 1 is 1.14 bits per heavy atom. The van der Waals surface area contributed by atoms with Crippen LogP contribution >= 0.6 is 11.8 Å². The van der Waals surface area contributed by atoms with E-state index in [1.54, 1.807) is 17.9 Å². The molecule has 0 unspecified atom stereocenters. The van der Waals surface area contributed by atoms with Gasteiger partial charge in [0.1, 0.15) is 11.3 Å². The number of thioether (sulfide) groups is 1. The van der Waals surface area contributed by atoms with Crippen LogP contribution in [0.25, 0.3) is 16.7 Å². The van der Waals surface area contributed by atoms with Crippen molar-refractivity contribution in [2.24, 2.45) is 0 Å². The average molecular weight is 394 g/mol. The Morgan fingerprint density at radius 3 is 2.68 bits per heavy atom. The second-order valence-electron chi connectivity index (χ2n) is 6.36. The predicted molar refractivity (Wildman–Crippen MR) is 107 cm³/mol. The molecule has 0 atom stereocenters. The summed E-state index contributed by atoms with van der Waals surface area (Å²) in [7, 11) is 1.58. The first kappa shape index (κ1) is 18.2. The first-order chi connectivity index (χ1) is 13.6. The zero-order valence-corrected chi connectivity index (χ0v) is 16.5. The number of nitrogens with zero attached hydrogens (tertiary/aromatic N) is 4. The van der Waals surface area contributed by atoms with E-state index >= 15 is 0 Å². The van der Waals surface area contributed by atoms with Crippen molar-refractivity contribution in [1.82, 2.24) is 20.2 Å². The third-order valence-corrected chi connectivity index (χ3v) is 5.45. The van der Waals surface area contributed by atoms with Crippen molar-refractivity contribution in [2.75, 3.05) is 7.11 Å². The molecule has 28 heavy (non-hydrogen) atoms. The number of aryl methyl sites for hydroxylation is 2. The van der Waals surface area contributed by atoms with Crippen molar-refractivity contribution in [3.05, 3.63) is 69.6 Å². The molecule has 7 nitrogen and oxygen atoms in total. The van der Waals surface area contributed by atoms with E-state index in [2.05, 4.69) is 15.5 Å². The second kappa shape index (κ2) is 7.47. The highest BCUT2D eigenvalue weighted by Gasteiger charge is 2.15. The number of aromatic nitrogens is 4. The molecule has 0 aliphatic carbocycles. The van der Waals surface area contributed by atoms with Crippen LogP contribution in [0.3, 0.4) is 0 Å². The summed E-state index contributed by atoms with van der Waals surface area (Å²) in [6, 6.07) is 13.0. The van der Waals surface area contributed by atoms with Crippen molar-refractivity contribution in [1.29, 1.82) is 0 Å². The van der Waals surface area contributed by atoms with Crippen molar-refractivity contribution < 1.29 is 9.15 Å². The van der Waals surface area contributed by atoms with Crippen LogP contribution in [0.2, 0.25) is 0 Å². The quantitative estimate of drug-likeness (QED) is 0.377. The van der Waals surface area contributed by atoms with Crippen LogP contribution in [-0.2, 0) is 5.75 Å². The summed E-state index contributed by atoms with van der Waals surface area (Å²) < 4.78 is 12.3. The third kappa shape index (κ3) is 3.38. The molecule has 2 heterocycles. The van der Waals surface area contributed by atoms with Crippen LogP contribution in [-0.4, -0.2) is 27.3 Å². The molecule has 8 heteroatoms. The Kier molecular flexibility index (Phi) is 4.87. The molecule has 0 N–H and O–H groups in total. The van der Waals surface area contributed by atoms with Gasteiger partial charge in [0.05, 0.1) is 12.8 Å². The molecular weight excluding hydrogens is 376 g/mol. The molecule has 4 aromatic rings. The van der Waals surface area contributed by atoms with Crippen LogP contribution in [0.15, 0.2) is 56.8 Å². The number of fused-ring (bicyclic) bond motifs is 1. The highest BCUT2D eigenvalue weighted by molar-refractivity contribution is 7.98. The molecular formula is C20H18N4O3S. The summed E-state index contributed by atoms with van der Waals surface area (Å²) in [6.45, 7) is 4.06. The Bertz CT molecular complexity index is 1200. The highest BCUT2D eigenvalue weighted by Crippen LogP contribution is 2.29. The van der Waals surface area contributed by atoms with E-state index in [0.717, 1.165) is 27.8 Å². The fraction of sp³-hybridized carbons (Fsp3) is 0.200. The summed E-state index contributed by atoms with van der Waals surface area (Å²) in [5.74, 6) is 1.17. The lowest BCUT2D eigenvalue weighted by molar-refractivity contribution is 0.414. The van der Waals surface area contributed by atoms with Crippen LogP contribution < -0.4 is 10.4 Å². The van der Waals surface area contributed by atoms with Gasteiger partial charge in [0.25, 0.3) is 0 Å². The van der Waals surface area contributed by atoms with Gasteiger partial charge in [-0.25, -0.2) is 4.79 Å². The third-order valence-electron chi connectivity index (χ3n) is 4.49. The maximum Gasteiger partial charge on any atom is 0.336 e. The fourth-order valence-corrected chi connectivity index (χ4v) is 4.02. The van der Waals surface area contributed by atoms with Gasteiger partial charge in [0.15, 0.2) is 0 Å². The first-order valence-electron chi connectivity index (χ1n) is 8.65. The van der Waals surface area contributed by atoms with Crippen molar-refractivity contribution in [2.45, 2.75) is 24.8 Å². The predicted octanol–water partition coefficient (Wildman–Crippen LogP) is 3.69. The highest BCUT2D eigenvalue weighted by atomic mass is 32.2. The summed E-state index contributed by atoms with van der Waals surface area (Å²) >= 11 is 1.47. The molecule has 0 saturated carbocycles. The minimum absolute atomic E-state index is 0.398.